The van der Waals surface area contributed by atoms with Gasteiger partial charge in [0.05, 0.1) is 5.69 Å². The SMILES string of the molecule is O=C(OCC(=O)c1ccc[nH]1)c1csc(NCc2ccccc2)n1. The van der Waals surface area contributed by atoms with Gasteiger partial charge in [-0.15, -0.1) is 11.3 Å². The van der Waals surface area contributed by atoms with Crippen LogP contribution in [0.25, 0.3) is 0 Å². The molecule has 24 heavy (non-hydrogen) atoms. The Labute approximate surface area is 142 Å². The van der Waals surface area contributed by atoms with Crippen LogP contribution in [-0.4, -0.2) is 28.3 Å². The Hall–Kier alpha value is -2.93. The van der Waals surface area contributed by atoms with Crippen molar-refractivity contribution in [2.75, 3.05) is 11.9 Å². The van der Waals surface area contributed by atoms with Crippen LogP contribution < -0.4 is 5.32 Å². The molecular formula is C17H15N3O3S. The minimum absolute atomic E-state index is 0.190. The quantitative estimate of drug-likeness (QED) is 0.509. The van der Waals surface area contributed by atoms with Gasteiger partial charge in [-0.05, 0) is 17.7 Å². The van der Waals surface area contributed by atoms with Gasteiger partial charge < -0.3 is 15.0 Å². The summed E-state index contributed by atoms with van der Waals surface area (Å²) in [4.78, 5) is 30.7. The average Bonchev–Trinajstić information content (AvgIpc) is 3.30. The Kier molecular flexibility index (Phi) is 5.02. The maximum atomic E-state index is 11.9. The number of nitrogens with one attached hydrogen (secondary N) is 2. The van der Waals surface area contributed by atoms with E-state index in [9.17, 15) is 9.59 Å². The van der Waals surface area contributed by atoms with Crippen LogP contribution in [-0.2, 0) is 11.3 Å². The summed E-state index contributed by atoms with van der Waals surface area (Å²) >= 11 is 1.31. The number of ether oxygens (including phenoxy) is 1. The van der Waals surface area contributed by atoms with Crippen molar-refractivity contribution >= 4 is 28.2 Å². The standard InChI is InChI=1S/C17H15N3O3S/c21-15(13-7-4-8-18-13)10-23-16(22)14-11-24-17(20-14)19-9-12-5-2-1-3-6-12/h1-8,11,18H,9-10H2,(H,19,20). The molecule has 0 saturated heterocycles. The molecule has 0 amide bonds. The molecule has 0 bridgehead atoms. The Morgan fingerprint density at radius 3 is 2.75 bits per heavy atom. The number of carbonyl (C=O) groups is 2. The predicted molar refractivity (Wildman–Crippen MR) is 91.3 cm³/mol. The number of anilines is 1. The number of H-pyrrole nitrogens is 1. The summed E-state index contributed by atoms with van der Waals surface area (Å²) in [6.07, 6.45) is 1.64. The van der Waals surface area contributed by atoms with Gasteiger partial charge in [-0.3, -0.25) is 4.79 Å². The van der Waals surface area contributed by atoms with E-state index in [0.29, 0.717) is 17.4 Å². The lowest BCUT2D eigenvalue weighted by atomic mass is 10.2. The summed E-state index contributed by atoms with van der Waals surface area (Å²) in [6.45, 7) is 0.303. The summed E-state index contributed by atoms with van der Waals surface area (Å²) in [6, 6.07) is 13.2. The molecule has 0 unspecified atom stereocenters. The van der Waals surface area contributed by atoms with E-state index >= 15 is 0 Å². The normalized spacial score (nSPS) is 10.3. The molecule has 0 radical (unpaired) electrons. The minimum atomic E-state index is -0.612. The van der Waals surface area contributed by atoms with Crippen molar-refractivity contribution in [3.8, 4) is 0 Å². The number of nitrogens with zero attached hydrogens (tertiary/aromatic N) is 1. The number of hydrogen-bond donors (Lipinski definition) is 2. The lowest BCUT2D eigenvalue weighted by Crippen LogP contribution is -2.14. The third-order valence-electron chi connectivity index (χ3n) is 3.23. The van der Waals surface area contributed by atoms with Crippen molar-refractivity contribution in [3.05, 3.63) is 71.0 Å². The molecule has 2 aromatic heterocycles. The van der Waals surface area contributed by atoms with Crippen molar-refractivity contribution < 1.29 is 14.3 Å². The molecular weight excluding hydrogens is 326 g/mol. The van der Waals surface area contributed by atoms with Gasteiger partial charge in [0, 0.05) is 18.1 Å². The summed E-state index contributed by atoms with van der Waals surface area (Å²) in [5.41, 5.74) is 1.72. The van der Waals surface area contributed by atoms with Crippen molar-refractivity contribution in [3.63, 3.8) is 0 Å². The van der Waals surface area contributed by atoms with Crippen LogP contribution in [0.5, 0.6) is 0 Å². The highest BCUT2D eigenvalue weighted by atomic mass is 32.1. The van der Waals surface area contributed by atoms with Crippen molar-refractivity contribution in [2.24, 2.45) is 0 Å². The van der Waals surface area contributed by atoms with Crippen molar-refractivity contribution in [2.45, 2.75) is 6.54 Å². The molecule has 122 valence electrons. The summed E-state index contributed by atoms with van der Waals surface area (Å²) in [5.74, 6) is -0.898. The Morgan fingerprint density at radius 2 is 2.00 bits per heavy atom. The first kappa shape index (κ1) is 15.9. The number of thiazole rings is 1. The van der Waals surface area contributed by atoms with E-state index in [1.807, 2.05) is 30.3 Å². The fourth-order valence-corrected chi connectivity index (χ4v) is 2.69. The topological polar surface area (TPSA) is 84.1 Å². The van der Waals surface area contributed by atoms with Crippen LogP contribution in [0.2, 0.25) is 0 Å². The maximum Gasteiger partial charge on any atom is 0.358 e. The summed E-state index contributed by atoms with van der Waals surface area (Å²) in [7, 11) is 0. The highest BCUT2D eigenvalue weighted by molar-refractivity contribution is 7.13. The highest BCUT2D eigenvalue weighted by Crippen LogP contribution is 2.17. The zero-order chi connectivity index (χ0) is 16.8. The number of aromatic nitrogens is 2. The van der Waals surface area contributed by atoms with Crippen LogP contribution >= 0.6 is 11.3 Å². The van der Waals surface area contributed by atoms with E-state index < -0.39 is 5.97 Å². The lowest BCUT2D eigenvalue weighted by molar-refractivity contribution is 0.0468. The van der Waals surface area contributed by atoms with E-state index in [2.05, 4.69) is 15.3 Å². The molecule has 0 saturated carbocycles. The monoisotopic (exact) mass is 341 g/mol. The number of Topliss-reactive ketones (excluding diaryl/α,β-unsaturated/α-hetero) is 1. The number of hydrogen-bond acceptors (Lipinski definition) is 6. The molecule has 0 aliphatic heterocycles. The van der Waals surface area contributed by atoms with Gasteiger partial charge in [0.2, 0.25) is 5.78 Å². The molecule has 0 fully saturated rings. The number of rotatable bonds is 7. The van der Waals surface area contributed by atoms with Crippen molar-refractivity contribution in [1.82, 2.24) is 9.97 Å². The van der Waals surface area contributed by atoms with E-state index in [0.717, 1.165) is 5.56 Å². The Bertz CT molecular complexity index is 813. The first-order chi connectivity index (χ1) is 11.7. The van der Waals surface area contributed by atoms with E-state index in [1.54, 1.807) is 23.7 Å². The molecule has 3 aromatic rings. The number of carbonyl (C=O) groups excluding carboxylic acids is 2. The van der Waals surface area contributed by atoms with Gasteiger partial charge in [-0.2, -0.15) is 0 Å². The Balaban J connectivity index is 1.51. The lowest BCUT2D eigenvalue weighted by Gasteiger charge is -2.02. The smallest absolute Gasteiger partial charge is 0.358 e. The zero-order valence-electron chi connectivity index (χ0n) is 12.7. The number of esters is 1. The largest absolute Gasteiger partial charge is 0.452 e. The molecule has 7 heteroatoms. The van der Waals surface area contributed by atoms with Crippen LogP contribution in [0.15, 0.2) is 54.0 Å². The first-order valence-corrected chi connectivity index (χ1v) is 8.17. The second-order valence-corrected chi connectivity index (χ2v) is 5.82. The van der Waals surface area contributed by atoms with Crippen LogP contribution in [0.1, 0.15) is 26.5 Å². The van der Waals surface area contributed by atoms with E-state index in [4.69, 9.17) is 4.74 Å². The number of aromatic amines is 1. The molecule has 3 rings (SSSR count). The van der Waals surface area contributed by atoms with Gasteiger partial charge >= 0.3 is 5.97 Å². The van der Waals surface area contributed by atoms with Gasteiger partial charge in [0.25, 0.3) is 0 Å². The van der Waals surface area contributed by atoms with Crippen LogP contribution in [0.3, 0.4) is 0 Å². The summed E-state index contributed by atoms with van der Waals surface area (Å²) in [5, 5.41) is 5.38. The van der Waals surface area contributed by atoms with E-state index in [-0.39, 0.29) is 18.1 Å². The van der Waals surface area contributed by atoms with Gasteiger partial charge in [-0.1, -0.05) is 30.3 Å². The second-order valence-electron chi connectivity index (χ2n) is 4.96. The van der Waals surface area contributed by atoms with Crippen molar-refractivity contribution in [1.29, 1.82) is 0 Å². The predicted octanol–water partition coefficient (Wildman–Crippen LogP) is 3.12. The Morgan fingerprint density at radius 1 is 1.17 bits per heavy atom. The first-order valence-electron chi connectivity index (χ1n) is 7.29. The second kappa shape index (κ2) is 7.56. The van der Waals surface area contributed by atoms with E-state index in [1.165, 1.54) is 11.3 Å². The molecule has 1 aromatic carbocycles. The van der Waals surface area contributed by atoms with Crippen LogP contribution in [0.4, 0.5) is 5.13 Å². The highest BCUT2D eigenvalue weighted by Gasteiger charge is 2.15. The van der Waals surface area contributed by atoms with Crippen LogP contribution in [0, 0.1) is 0 Å². The molecule has 2 N–H and O–H groups in total. The van der Waals surface area contributed by atoms with Gasteiger partial charge in [-0.25, -0.2) is 9.78 Å². The van der Waals surface area contributed by atoms with Gasteiger partial charge in [0.15, 0.2) is 17.4 Å². The fourth-order valence-electron chi connectivity index (χ4n) is 2.01. The molecule has 6 nitrogen and oxygen atoms in total. The molecule has 0 aliphatic rings. The van der Waals surface area contributed by atoms with Gasteiger partial charge in [0.1, 0.15) is 0 Å². The molecule has 0 atom stereocenters. The fraction of sp³-hybridized carbons (Fsp3) is 0.118. The zero-order valence-corrected chi connectivity index (χ0v) is 13.5. The minimum Gasteiger partial charge on any atom is -0.452 e. The molecule has 0 spiro atoms. The molecule has 2 heterocycles. The number of benzene rings is 1. The molecule has 0 aliphatic carbocycles. The number of ketones is 1. The average molecular weight is 341 g/mol. The third-order valence-corrected chi connectivity index (χ3v) is 4.03. The third kappa shape index (κ3) is 4.08. The summed E-state index contributed by atoms with van der Waals surface area (Å²) < 4.78 is 5.00. The maximum absolute atomic E-state index is 11.9.